The molecule has 0 aliphatic heterocycles. The van der Waals surface area contributed by atoms with Gasteiger partial charge in [0.05, 0.1) is 0 Å². The minimum absolute atomic E-state index is 0.0190. The fourth-order valence-corrected chi connectivity index (χ4v) is 2.85. The summed E-state index contributed by atoms with van der Waals surface area (Å²) < 4.78 is 0. The summed E-state index contributed by atoms with van der Waals surface area (Å²) >= 11 is 0. The van der Waals surface area contributed by atoms with Crippen molar-refractivity contribution in [2.24, 2.45) is 0 Å². The largest absolute Gasteiger partial charge is 0.339 e. The highest BCUT2D eigenvalue weighted by Gasteiger charge is 2.16. The van der Waals surface area contributed by atoms with E-state index in [9.17, 15) is 9.59 Å². The third-order valence-electron chi connectivity index (χ3n) is 4.41. The average Bonchev–Trinajstić information content (AvgIpc) is 2.64. The van der Waals surface area contributed by atoms with Crippen molar-refractivity contribution in [1.82, 2.24) is 4.90 Å². The topological polar surface area (TPSA) is 49.4 Å². The molecule has 1 N–H and O–H groups in total. The van der Waals surface area contributed by atoms with Gasteiger partial charge in [-0.25, -0.2) is 0 Å². The van der Waals surface area contributed by atoms with Gasteiger partial charge in [0.25, 0.3) is 11.8 Å². The van der Waals surface area contributed by atoms with E-state index in [4.69, 9.17) is 0 Å². The van der Waals surface area contributed by atoms with Gasteiger partial charge in [-0.3, -0.25) is 9.59 Å². The zero-order valence-corrected chi connectivity index (χ0v) is 16.1. The first-order chi connectivity index (χ1) is 12.5. The number of carbonyl (C=O) groups is 2. The number of amides is 2. The maximum Gasteiger partial charge on any atom is 0.255 e. The number of nitrogens with zero attached hydrogens (tertiary/aromatic N) is 1. The van der Waals surface area contributed by atoms with E-state index < -0.39 is 0 Å². The highest BCUT2D eigenvalue weighted by molar-refractivity contribution is 6.06. The maximum absolute atomic E-state index is 12.7. The Morgan fingerprint density at radius 2 is 1.54 bits per heavy atom. The van der Waals surface area contributed by atoms with Crippen molar-refractivity contribution in [3.05, 3.63) is 64.7 Å². The fraction of sp³-hybridized carbons (Fsp3) is 0.364. The van der Waals surface area contributed by atoms with Crippen LogP contribution in [0.4, 0.5) is 5.69 Å². The summed E-state index contributed by atoms with van der Waals surface area (Å²) in [5, 5.41) is 2.91. The molecule has 0 bridgehead atoms. The molecule has 2 amide bonds. The van der Waals surface area contributed by atoms with Gasteiger partial charge in [0.1, 0.15) is 0 Å². The molecule has 2 aromatic carbocycles. The van der Waals surface area contributed by atoms with E-state index in [-0.39, 0.29) is 11.8 Å². The normalized spacial score (nSPS) is 10.5. The smallest absolute Gasteiger partial charge is 0.255 e. The molecule has 0 spiro atoms. The summed E-state index contributed by atoms with van der Waals surface area (Å²) in [6.45, 7) is 9.62. The second kappa shape index (κ2) is 9.18. The standard InChI is InChI=1S/C22H28N2O2/c1-5-12-24(13-6-2)22(26)19-9-7-8-18(15-19)21(25)23-20-11-10-16(3)17(4)14-20/h7-11,14-15H,5-6,12-13H2,1-4H3,(H,23,25). The van der Waals surface area contributed by atoms with Gasteiger partial charge in [-0.05, 0) is 68.1 Å². The first-order valence-corrected chi connectivity index (χ1v) is 9.24. The van der Waals surface area contributed by atoms with Crippen molar-refractivity contribution < 1.29 is 9.59 Å². The van der Waals surface area contributed by atoms with E-state index in [1.165, 1.54) is 5.56 Å². The number of hydrogen-bond donors (Lipinski definition) is 1. The SMILES string of the molecule is CCCN(CCC)C(=O)c1cccc(C(=O)Nc2ccc(C)c(C)c2)c1. The fourth-order valence-electron chi connectivity index (χ4n) is 2.85. The first kappa shape index (κ1) is 19.7. The number of benzene rings is 2. The Kier molecular flexibility index (Phi) is 6.96. The monoisotopic (exact) mass is 352 g/mol. The summed E-state index contributed by atoms with van der Waals surface area (Å²) in [5.74, 6) is -0.227. The van der Waals surface area contributed by atoms with Gasteiger partial charge in [-0.1, -0.05) is 26.0 Å². The Labute approximate surface area is 156 Å². The average molecular weight is 352 g/mol. The molecule has 26 heavy (non-hydrogen) atoms. The molecule has 0 aliphatic carbocycles. The summed E-state index contributed by atoms with van der Waals surface area (Å²) in [6.07, 6.45) is 1.83. The molecular weight excluding hydrogens is 324 g/mol. The van der Waals surface area contributed by atoms with Gasteiger partial charge in [-0.15, -0.1) is 0 Å². The van der Waals surface area contributed by atoms with Crippen LogP contribution in [0, 0.1) is 13.8 Å². The van der Waals surface area contributed by atoms with Crippen LogP contribution in [0.15, 0.2) is 42.5 Å². The minimum Gasteiger partial charge on any atom is -0.339 e. The van der Waals surface area contributed by atoms with Crippen LogP contribution in [-0.2, 0) is 0 Å². The molecule has 4 heteroatoms. The minimum atomic E-state index is -0.208. The zero-order valence-electron chi connectivity index (χ0n) is 16.1. The Morgan fingerprint density at radius 3 is 2.15 bits per heavy atom. The highest BCUT2D eigenvalue weighted by Crippen LogP contribution is 2.16. The molecule has 0 unspecified atom stereocenters. The van der Waals surface area contributed by atoms with E-state index >= 15 is 0 Å². The van der Waals surface area contributed by atoms with Crippen LogP contribution in [0.2, 0.25) is 0 Å². The lowest BCUT2D eigenvalue weighted by Gasteiger charge is -2.21. The maximum atomic E-state index is 12.7. The molecule has 0 aliphatic rings. The van der Waals surface area contributed by atoms with E-state index in [1.807, 2.05) is 36.9 Å². The number of anilines is 1. The third-order valence-corrected chi connectivity index (χ3v) is 4.41. The Hall–Kier alpha value is -2.62. The lowest BCUT2D eigenvalue weighted by molar-refractivity contribution is 0.0755. The van der Waals surface area contributed by atoms with Crippen LogP contribution in [0.1, 0.15) is 58.5 Å². The molecule has 2 aromatic rings. The first-order valence-electron chi connectivity index (χ1n) is 9.24. The van der Waals surface area contributed by atoms with Crippen molar-refractivity contribution in [3.8, 4) is 0 Å². The van der Waals surface area contributed by atoms with Gasteiger partial charge in [-0.2, -0.15) is 0 Å². The van der Waals surface area contributed by atoms with Gasteiger partial charge in [0.15, 0.2) is 0 Å². The van der Waals surface area contributed by atoms with Gasteiger partial charge in [0, 0.05) is 29.9 Å². The second-order valence-corrected chi connectivity index (χ2v) is 6.63. The van der Waals surface area contributed by atoms with Crippen molar-refractivity contribution in [3.63, 3.8) is 0 Å². The van der Waals surface area contributed by atoms with Gasteiger partial charge >= 0.3 is 0 Å². The van der Waals surface area contributed by atoms with E-state index in [1.54, 1.807) is 24.3 Å². The van der Waals surface area contributed by atoms with Crippen LogP contribution < -0.4 is 5.32 Å². The summed E-state index contributed by atoms with van der Waals surface area (Å²) in [6, 6.07) is 12.8. The predicted octanol–water partition coefficient (Wildman–Crippen LogP) is 4.82. The molecule has 0 atom stereocenters. The molecule has 0 aromatic heterocycles. The van der Waals surface area contributed by atoms with Crippen LogP contribution in [0.3, 0.4) is 0 Å². The lowest BCUT2D eigenvalue weighted by atomic mass is 10.1. The Balaban J connectivity index is 2.17. The van der Waals surface area contributed by atoms with Crippen molar-refractivity contribution in [1.29, 1.82) is 0 Å². The molecule has 0 radical (unpaired) electrons. The number of nitrogens with one attached hydrogen (secondary N) is 1. The van der Waals surface area contributed by atoms with Crippen molar-refractivity contribution >= 4 is 17.5 Å². The summed E-state index contributed by atoms with van der Waals surface area (Å²) in [4.78, 5) is 27.2. The predicted molar refractivity (Wildman–Crippen MR) is 107 cm³/mol. The molecule has 138 valence electrons. The molecule has 0 fully saturated rings. The number of carbonyl (C=O) groups excluding carboxylic acids is 2. The number of aryl methyl sites for hydroxylation is 2. The van der Waals surface area contributed by atoms with Crippen LogP contribution in [0.5, 0.6) is 0 Å². The van der Waals surface area contributed by atoms with Crippen molar-refractivity contribution in [2.45, 2.75) is 40.5 Å². The van der Waals surface area contributed by atoms with Gasteiger partial charge in [0.2, 0.25) is 0 Å². The van der Waals surface area contributed by atoms with E-state index in [2.05, 4.69) is 19.2 Å². The van der Waals surface area contributed by atoms with Crippen LogP contribution >= 0.6 is 0 Å². The molecule has 0 saturated carbocycles. The summed E-state index contributed by atoms with van der Waals surface area (Å²) in [5.41, 5.74) is 4.11. The Morgan fingerprint density at radius 1 is 0.885 bits per heavy atom. The molecule has 0 saturated heterocycles. The van der Waals surface area contributed by atoms with Gasteiger partial charge < -0.3 is 10.2 Å². The zero-order chi connectivity index (χ0) is 19.1. The van der Waals surface area contributed by atoms with Crippen molar-refractivity contribution in [2.75, 3.05) is 18.4 Å². The number of hydrogen-bond acceptors (Lipinski definition) is 2. The van der Waals surface area contributed by atoms with E-state index in [0.717, 1.165) is 37.2 Å². The molecule has 4 nitrogen and oxygen atoms in total. The second-order valence-electron chi connectivity index (χ2n) is 6.63. The quantitative estimate of drug-likeness (QED) is 0.777. The highest BCUT2D eigenvalue weighted by atomic mass is 16.2. The number of rotatable bonds is 7. The van der Waals surface area contributed by atoms with Crippen LogP contribution in [0.25, 0.3) is 0 Å². The summed E-state index contributed by atoms with van der Waals surface area (Å²) in [7, 11) is 0. The third kappa shape index (κ3) is 4.94. The van der Waals surface area contributed by atoms with E-state index in [0.29, 0.717) is 11.1 Å². The lowest BCUT2D eigenvalue weighted by Crippen LogP contribution is -2.32. The Bertz CT molecular complexity index is 777. The van der Waals surface area contributed by atoms with Crippen LogP contribution in [-0.4, -0.2) is 29.8 Å². The molecule has 0 heterocycles. The molecular formula is C22H28N2O2. The molecule has 2 rings (SSSR count).